The van der Waals surface area contributed by atoms with E-state index in [1.807, 2.05) is 24.3 Å². The van der Waals surface area contributed by atoms with Crippen LogP contribution in [0.5, 0.6) is 0 Å². The number of fused-ring (bicyclic) bond motifs is 3. The van der Waals surface area contributed by atoms with Gasteiger partial charge in [-0.25, -0.2) is 13.1 Å². The highest BCUT2D eigenvalue weighted by Gasteiger charge is 2.13. The first-order chi connectivity index (χ1) is 15.4. The van der Waals surface area contributed by atoms with E-state index in [4.69, 9.17) is 0 Å². The van der Waals surface area contributed by atoms with Crippen LogP contribution in [0.2, 0.25) is 0 Å². The molecule has 0 bridgehead atoms. The van der Waals surface area contributed by atoms with Crippen LogP contribution >= 0.6 is 0 Å². The maximum absolute atomic E-state index is 12.5. The van der Waals surface area contributed by atoms with E-state index in [9.17, 15) is 13.2 Å². The maximum Gasteiger partial charge on any atom is 0.240 e. The third kappa shape index (κ3) is 4.40. The first-order valence-corrected chi connectivity index (χ1v) is 12.3. The zero-order valence-corrected chi connectivity index (χ0v) is 19.1. The van der Waals surface area contributed by atoms with Crippen LogP contribution in [-0.4, -0.2) is 25.4 Å². The molecule has 2 N–H and O–H groups in total. The highest BCUT2D eigenvalue weighted by Crippen LogP contribution is 2.31. The molecule has 166 valence electrons. The number of benzene rings is 3. The number of nitrogens with one attached hydrogen (secondary N) is 2. The normalized spacial score (nSPS) is 11.8. The molecule has 3 aromatic carbocycles. The summed E-state index contributed by atoms with van der Waals surface area (Å²) >= 11 is 0. The number of hydrogen-bond acceptors (Lipinski definition) is 3. The van der Waals surface area contributed by atoms with Gasteiger partial charge in [-0.05, 0) is 55.3 Å². The minimum Gasteiger partial charge on any atom is -0.341 e. The van der Waals surface area contributed by atoms with Gasteiger partial charge in [0.05, 0.1) is 4.90 Å². The van der Waals surface area contributed by atoms with Gasteiger partial charge in [-0.15, -0.1) is 0 Å². The number of rotatable bonds is 8. The summed E-state index contributed by atoms with van der Waals surface area (Å²) in [5.41, 5.74) is 4.03. The monoisotopic (exact) mass is 449 g/mol. The molecule has 0 unspecified atom stereocenters. The highest BCUT2D eigenvalue weighted by molar-refractivity contribution is 7.89. The predicted molar refractivity (Wildman–Crippen MR) is 129 cm³/mol. The molecule has 0 radical (unpaired) electrons. The second-order valence-electron chi connectivity index (χ2n) is 7.69. The van der Waals surface area contributed by atoms with Crippen molar-refractivity contribution >= 4 is 43.4 Å². The number of sulfonamides is 1. The molecule has 0 saturated carbocycles. The molecule has 6 nitrogen and oxygen atoms in total. The lowest BCUT2D eigenvalue weighted by Gasteiger charge is -2.08. The summed E-state index contributed by atoms with van der Waals surface area (Å²) in [6, 6.07) is 21.0. The standard InChI is InChI=1S/C25H27N3O3S/c1-3-26-32(30,31)20-13-9-18(10-14-20)11-16-25(29)27-19-12-15-24-22(17-19)21-7-5-6-8-23(21)28(24)4-2/h5-10,12-15,17,26H,3-4,11,16H2,1-2H3,(H,27,29). The topological polar surface area (TPSA) is 80.2 Å². The van der Waals surface area contributed by atoms with Gasteiger partial charge in [0, 0.05) is 47.0 Å². The number of carbonyl (C=O) groups excluding carboxylic acids is 1. The Balaban J connectivity index is 1.45. The second-order valence-corrected chi connectivity index (χ2v) is 9.45. The SMILES string of the molecule is CCNS(=O)(=O)c1ccc(CCC(=O)Nc2ccc3c(c2)c2ccccc2n3CC)cc1. The highest BCUT2D eigenvalue weighted by atomic mass is 32.2. The average molecular weight is 450 g/mol. The van der Waals surface area contributed by atoms with Crippen molar-refractivity contribution in [2.75, 3.05) is 11.9 Å². The lowest BCUT2D eigenvalue weighted by atomic mass is 10.1. The van der Waals surface area contributed by atoms with Crippen molar-refractivity contribution in [3.63, 3.8) is 0 Å². The molecule has 0 saturated heterocycles. The summed E-state index contributed by atoms with van der Waals surface area (Å²) in [4.78, 5) is 12.8. The van der Waals surface area contributed by atoms with Gasteiger partial charge >= 0.3 is 0 Å². The quantitative estimate of drug-likeness (QED) is 0.410. The van der Waals surface area contributed by atoms with Crippen molar-refractivity contribution < 1.29 is 13.2 Å². The van der Waals surface area contributed by atoms with E-state index in [1.165, 1.54) is 10.9 Å². The molecule has 7 heteroatoms. The third-order valence-corrected chi connectivity index (χ3v) is 7.14. The van der Waals surface area contributed by atoms with Gasteiger partial charge in [-0.2, -0.15) is 0 Å². The predicted octanol–water partition coefficient (Wildman–Crippen LogP) is 4.68. The Labute approximate surface area is 188 Å². The number of anilines is 1. The number of aryl methyl sites for hydroxylation is 2. The zero-order valence-electron chi connectivity index (χ0n) is 18.3. The minimum atomic E-state index is -3.46. The minimum absolute atomic E-state index is 0.0760. The van der Waals surface area contributed by atoms with E-state index in [1.54, 1.807) is 31.2 Å². The van der Waals surface area contributed by atoms with Crippen molar-refractivity contribution in [1.29, 1.82) is 0 Å². The Morgan fingerprint density at radius 1 is 0.906 bits per heavy atom. The number of carbonyl (C=O) groups is 1. The number of aromatic nitrogens is 1. The van der Waals surface area contributed by atoms with Crippen LogP contribution in [0.15, 0.2) is 71.6 Å². The van der Waals surface area contributed by atoms with Crippen LogP contribution in [0.1, 0.15) is 25.8 Å². The van der Waals surface area contributed by atoms with Gasteiger partial charge in [-0.3, -0.25) is 4.79 Å². The molecule has 0 atom stereocenters. The summed E-state index contributed by atoms with van der Waals surface area (Å²) in [6.45, 7) is 5.09. The van der Waals surface area contributed by atoms with E-state index in [-0.39, 0.29) is 10.8 Å². The Kier molecular flexibility index (Phi) is 6.30. The Bertz CT molecular complexity index is 1370. The summed E-state index contributed by atoms with van der Waals surface area (Å²) in [6.07, 6.45) is 0.846. The van der Waals surface area contributed by atoms with Crippen LogP contribution in [0.4, 0.5) is 5.69 Å². The molecule has 1 amide bonds. The van der Waals surface area contributed by atoms with Crippen LogP contribution in [0.3, 0.4) is 0 Å². The molecule has 0 aliphatic rings. The summed E-state index contributed by atoms with van der Waals surface area (Å²) in [5, 5.41) is 5.29. The molecular weight excluding hydrogens is 422 g/mol. The van der Waals surface area contributed by atoms with Gasteiger partial charge in [0.15, 0.2) is 0 Å². The largest absolute Gasteiger partial charge is 0.341 e. The van der Waals surface area contributed by atoms with Crippen molar-refractivity contribution in [2.24, 2.45) is 0 Å². The van der Waals surface area contributed by atoms with E-state index >= 15 is 0 Å². The van der Waals surface area contributed by atoms with Gasteiger partial charge in [0.25, 0.3) is 0 Å². The first-order valence-electron chi connectivity index (χ1n) is 10.8. The molecule has 0 spiro atoms. The lowest BCUT2D eigenvalue weighted by molar-refractivity contribution is -0.116. The van der Waals surface area contributed by atoms with Crippen molar-refractivity contribution in [3.05, 3.63) is 72.3 Å². The number of hydrogen-bond donors (Lipinski definition) is 2. The van der Waals surface area contributed by atoms with Gasteiger partial charge in [0.2, 0.25) is 15.9 Å². The molecular formula is C25H27N3O3S. The van der Waals surface area contributed by atoms with Crippen LogP contribution in [0, 0.1) is 0 Å². The van der Waals surface area contributed by atoms with E-state index in [0.717, 1.165) is 28.7 Å². The van der Waals surface area contributed by atoms with Gasteiger partial charge in [-0.1, -0.05) is 37.3 Å². The fourth-order valence-electron chi connectivity index (χ4n) is 4.06. The summed E-state index contributed by atoms with van der Waals surface area (Å²) < 4.78 is 28.8. The van der Waals surface area contributed by atoms with E-state index in [0.29, 0.717) is 19.4 Å². The molecule has 0 aliphatic carbocycles. The Morgan fingerprint density at radius 3 is 2.34 bits per heavy atom. The fraction of sp³-hybridized carbons (Fsp3) is 0.240. The molecule has 32 heavy (non-hydrogen) atoms. The van der Waals surface area contributed by atoms with E-state index in [2.05, 4.69) is 39.7 Å². The zero-order chi connectivity index (χ0) is 22.7. The molecule has 1 aromatic heterocycles. The second kappa shape index (κ2) is 9.14. The molecule has 0 aliphatic heterocycles. The Morgan fingerprint density at radius 2 is 1.62 bits per heavy atom. The van der Waals surface area contributed by atoms with Crippen LogP contribution in [-0.2, 0) is 27.8 Å². The van der Waals surface area contributed by atoms with Crippen molar-refractivity contribution in [2.45, 2.75) is 38.1 Å². The average Bonchev–Trinajstić information content (AvgIpc) is 3.11. The molecule has 4 aromatic rings. The summed E-state index contributed by atoms with van der Waals surface area (Å²) in [5.74, 6) is -0.0760. The maximum atomic E-state index is 12.5. The smallest absolute Gasteiger partial charge is 0.240 e. The Hall–Kier alpha value is -3.16. The molecule has 4 rings (SSSR count). The first kappa shape index (κ1) is 22.0. The number of para-hydroxylation sites is 1. The van der Waals surface area contributed by atoms with E-state index < -0.39 is 10.0 Å². The summed E-state index contributed by atoms with van der Waals surface area (Å²) in [7, 11) is -3.46. The number of nitrogens with zero attached hydrogens (tertiary/aromatic N) is 1. The van der Waals surface area contributed by atoms with Crippen molar-refractivity contribution in [3.8, 4) is 0 Å². The lowest BCUT2D eigenvalue weighted by Crippen LogP contribution is -2.23. The fourth-order valence-corrected chi connectivity index (χ4v) is 5.10. The van der Waals surface area contributed by atoms with Crippen LogP contribution in [0.25, 0.3) is 21.8 Å². The van der Waals surface area contributed by atoms with Gasteiger partial charge in [0.1, 0.15) is 0 Å². The number of amides is 1. The third-order valence-electron chi connectivity index (χ3n) is 5.58. The van der Waals surface area contributed by atoms with Crippen molar-refractivity contribution in [1.82, 2.24) is 9.29 Å². The van der Waals surface area contributed by atoms with Crippen LogP contribution < -0.4 is 10.0 Å². The molecule has 1 heterocycles. The van der Waals surface area contributed by atoms with Gasteiger partial charge < -0.3 is 9.88 Å². The molecule has 0 fully saturated rings.